The minimum absolute atomic E-state index is 0.0359. The lowest BCUT2D eigenvalue weighted by Gasteiger charge is -2.22. The van der Waals surface area contributed by atoms with Crippen LogP contribution in [0.15, 0.2) is 87.2 Å². The molecular formula is C29H23BrClN3O4. The van der Waals surface area contributed by atoms with Crippen LogP contribution in [0.1, 0.15) is 42.9 Å². The number of hydrogen-bond donors (Lipinski definition) is 2. The van der Waals surface area contributed by atoms with Crippen LogP contribution in [-0.2, 0) is 9.59 Å². The SMILES string of the molecule is O=C(O)CCCC(=O)N1N=C(c2c(-c3ccc(Cl)cc3)c3ccccc3[nH]c2=O)C[C@H]1c1ccc(Br)cc1. The van der Waals surface area contributed by atoms with E-state index < -0.39 is 12.0 Å². The van der Waals surface area contributed by atoms with Gasteiger partial charge in [0.25, 0.3) is 5.56 Å². The van der Waals surface area contributed by atoms with Gasteiger partial charge in [0.15, 0.2) is 0 Å². The van der Waals surface area contributed by atoms with Gasteiger partial charge in [-0.3, -0.25) is 14.4 Å². The number of amides is 1. The van der Waals surface area contributed by atoms with E-state index in [0.717, 1.165) is 26.5 Å². The van der Waals surface area contributed by atoms with Gasteiger partial charge in [-0.15, -0.1) is 0 Å². The Hall–Kier alpha value is -3.75. The van der Waals surface area contributed by atoms with Crippen molar-refractivity contribution < 1.29 is 14.7 Å². The molecule has 5 rings (SSSR count). The molecule has 0 spiro atoms. The molecule has 0 fully saturated rings. The molecule has 9 heteroatoms. The lowest BCUT2D eigenvalue weighted by atomic mass is 9.91. The Bertz CT molecular complexity index is 1610. The third-order valence-corrected chi connectivity index (χ3v) is 7.33. The number of benzene rings is 3. The summed E-state index contributed by atoms with van der Waals surface area (Å²) in [6, 6.07) is 22.0. The lowest BCUT2D eigenvalue weighted by Crippen LogP contribution is -2.27. The van der Waals surface area contributed by atoms with Crippen LogP contribution in [0.4, 0.5) is 0 Å². The summed E-state index contributed by atoms with van der Waals surface area (Å²) in [4.78, 5) is 40.8. The average molecular weight is 593 g/mol. The number of nitrogens with zero attached hydrogens (tertiary/aromatic N) is 2. The highest BCUT2D eigenvalue weighted by molar-refractivity contribution is 9.10. The van der Waals surface area contributed by atoms with Crippen molar-refractivity contribution >= 4 is 56.0 Å². The highest BCUT2D eigenvalue weighted by Gasteiger charge is 2.35. The molecule has 3 aromatic carbocycles. The number of pyridine rings is 1. The number of carboxylic acid groups (broad SMARTS) is 1. The molecule has 1 atom stereocenters. The number of hydrogen-bond acceptors (Lipinski definition) is 4. The van der Waals surface area contributed by atoms with Crippen LogP contribution in [0.5, 0.6) is 0 Å². The zero-order chi connectivity index (χ0) is 26.8. The summed E-state index contributed by atoms with van der Waals surface area (Å²) < 4.78 is 0.899. The van der Waals surface area contributed by atoms with E-state index in [9.17, 15) is 14.4 Å². The van der Waals surface area contributed by atoms with Gasteiger partial charge in [-0.2, -0.15) is 5.10 Å². The van der Waals surface area contributed by atoms with Gasteiger partial charge in [0.2, 0.25) is 5.91 Å². The maximum atomic E-state index is 13.6. The molecule has 192 valence electrons. The van der Waals surface area contributed by atoms with E-state index in [4.69, 9.17) is 21.8 Å². The summed E-state index contributed by atoms with van der Waals surface area (Å²) in [6.45, 7) is 0. The van der Waals surface area contributed by atoms with Crippen LogP contribution >= 0.6 is 27.5 Å². The molecule has 0 saturated heterocycles. The molecular weight excluding hydrogens is 570 g/mol. The van der Waals surface area contributed by atoms with Gasteiger partial charge >= 0.3 is 5.97 Å². The van der Waals surface area contributed by atoms with Gasteiger partial charge in [-0.25, -0.2) is 5.01 Å². The predicted octanol–water partition coefficient (Wildman–Crippen LogP) is 6.54. The maximum Gasteiger partial charge on any atom is 0.303 e. The van der Waals surface area contributed by atoms with Crippen molar-refractivity contribution in [2.45, 2.75) is 31.7 Å². The number of aromatic nitrogens is 1. The number of carbonyl (C=O) groups is 2. The second-order valence-electron chi connectivity index (χ2n) is 9.06. The highest BCUT2D eigenvalue weighted by Crippen LogP contribution is 2.37. The van der Waals surface area contributed by atoms with E-state index in [-0.39, 0.29) is 30.7 Å². The summed E-state index contributed by atoms with van der Waals surface area (Å²) >= 11 is 9.60. The summed E-state index contributed by atoms with van der Waals surface area (Å²) in [5.41, 5.74) is 3.66. The van der Waals surface area contributed by atoms with Crippen molar-refractivity contribution in [2.75, 3.05) is 0 Å². The Morgan fingerprint density at radius 2 is 1.71 bits per heavy atom. The van der Waals surface area contributed by atoms with E-state index in [1.54, 1.807) is 12.1 Å². The Morgan fingerprint density at radius 3 is 2.42 bits per heavy atom. The fourth-order valence-corrected chi connectivity index (χ4v) is 5.17. The molecule has 2 heterocycles. The first kappa shape index (κ1) is 25.9. The Labute approximate surface area is 231 Å². The standard InChI is InChI=1S/C29H23BrClN3O4/c30-19-12-8-17(9-13-19)24-16-23(33-34(24)25(35)6-3-7-26(36)37)28-27(18-10-14-20(31)15-11-18)21-4-1-2-5-22(21)32-29(28)38/h1-2,4-5,8-15,24H,3,6-7,16H2,(H,32,38)(H,36,37)/t24-/m0/s1. The lowest BCUT2D eigenvalue weighted by molar-refractivity contribution is -0.137. The van der Waals surface area contributed by atoms with Gasteiger partial charge in [0.1, 0.15) is 0 Å². The third-order valence-electron chi connectivity index (χ3n) is 6.55. The first-order chi connectivity index (χ1) is 18.3. The number of H-pyrrole nitrogens is 1. The number of carbonyl (C=O) groups excluding carboxylic acids is 1. The van der Waals surface area contributed by atoms with E-state index in [0.29, 0.717) is 28.2 Å². The zero-order valence-corrected chi connectivity index (χ0v) is 22.5. The normalized spacial score (nSPS) is 15.1. The van der Waals surface area contributed by atoms with Crippen LogP contribution in [0.3, 0.4) is 0 Å². The fourth-order valence-electron chi connectivity index (χ4n) is 4.78. The summed E-state index contributed by atoms with van der Waals surface area (Å²) in [6.07, 6.45) is 0.460. The van der Waals surface area contributed by atoms with Gasteiger partial charge in [-0.05, 0) is 47.9 Å². The molecule has 1 aliphatic rings. The molecule has 0 aliphatic carbocycles. The Balaban J connectivity index is 1.64. The van der Waals surface area contributed by atoms with Gasteiger partial charge in [-0.1, -0.05) is 70.0 Å². The number of para-hydroxylation sites is 1. The minimum atomic E-state index is -0.955. The number of hydrazone groups is 1. The fraction of sp³-hybridized carbons (Fsp3) is 0.172. The van der Waals surface area contributed by atoms with E-state index in [2.05, 4.69) is 20.9 Å². The third kappa shape index (κ3) is 5.28. The van der Waals surface area contributed by atoms with Crippen molar-refractivity contribution in [1.82, 2.24) is 9.99 Å². The van der Waals surface area contributed by atoms with Crippen molar-refractivity contribution in [1.29, 1.82) is 0 Å². The molecule has 1 aromatic heterocycles. The van der Waals surface area contributed by atoms with Crippen LogP contribution in [0.25, 0.3) is 22.0 Å². The van der Waals surface area contributed by atoms with E-state index >= 15 is 0 Å². The van der Waals surface area contributed by atoms with E-state index in [1.807, 2.05) is 60.7 Å². The minimum Gasteiger partial charge on any atom is -0.481 e. The van der Waals surface area contributed by atoms with Crippen molar-refractivity contribution in [3.05, 3.63) is 104 Å². The first-order valence-electron chi connectivity index (χ1n) is 12.1. The predicted molar refractivity (Wildman–Crippen MR) is 151 cm³/mol. The van der Waals surface area contributed by atoms with Crippen LogP contribution < -0.4 is 5.56 Å². The second-order valence-corrected chi connectivity index (χ2v) is 10.4. The number of aliphatic carboxylic acids is 1. The first-order valence-corrected chi connectivity index (χ1v) is 13.3. The molecule has 7 nitrogen and oxygen atoms in total. The molecule has 0 saturated carbocycles. The molecule has 1 aliphatic heterocycles. The quantitative estimate of drug-likeness (QED) is 0.254. The summed E-state index contributed by atoms with van der Waals surface area (Å²) in [7, 11) is 0. The van der Waals surface area contributed by atoms with Crippen LogP contribution in [0, 0.1) is 0 Å². The zero-order valence-electron chi connectivity index (χ0n) is 20.2. The number of rotatable bonds is 7. The number of fused-ring (bicyclic) bond motifs is 1. The Morgan fingerprint density at radius 1 is 1.00 bits per heavy atom. The second kappa shape index (κ2) is 10.9. The number of carboxylic acids is 1. The van der Waals surface area contributed by atoms with Gasteiger partial charge in [0, 0.05) is 45.2 Å². The maximum absolute atomic E-state index is 13.6. The largest absolute Gasteiger partial charge is 0.481 e. The Kier molecular flexibility index (Phi) is 7.44. The molecule has 2 N–H and O–H groups in total. The number of aromatic amines is 1. The molecule has 0 radical (unpaired) electrons. The molecule has 4 aromatic rings. The van der Waals surface area contributed by atoms with Crippen molar-refractivity contribution in [3.8, 4) is 11.1 Å². The average Bonchev–Trinajstić information content (AvgIpc) is 3.34. The van der Waals surface area contributed by atoms with E-state index in [1.165, 1.54) is 5.01 Å². The number of nitrogens with one attached hydrogen (secondary N) is 1. The number of halogens is 2. The summed E-state index contributed by atoms with van der Waals surface area (Å²) in [5, 5.41) is 16.5. The monoisotopic (exact) mass is 591 g/mol. The molecule has 0 unspecified atom stereocenters. The van der Waals surface area contributed by atoms with Crippen molar-refractivity contribution in [3.63, 3.8) is 0 Å². The topological polar surface area (TPSA) is 103 Å². The van der Waals surface area contributed by atoms with Crippen LogP contribution in [-0.4, -0.2) is 32.7 Å². The van der Waals surface area contributed by atoms with Crippen molar-refractivity contribution in [2.24, 2.45) is 5.10 Å². The smallest absolute Gasteiger partial charge is 0.303 e. The molecule has 1 amide bonds. The molecule has 0 bridgehead atoms. The highest BCUT2D eigenvalue weighted by atomic mass is 79.9. The van der Waals surface area contributed by atoms with Crippen LogP contribution in [0.2, 0.25) is 5.02 Å². The molecule has 38 heavy (non-hydrogen) atoms. The van der Waals surface area contributed by atoms with Gasteiger partial charge < -0.3 is 10.1 Å². The van der Waals surface area contributed by atoms with Gasteiger partial charge in [0.05, 0.1) is 17.3 Å². The summed E-state index contributed by atoms with van der Waals surface area (Å²) in [5.74, 6) is -1.25.